The summed E-state index contributed by atoms with van der Waals surface area (Å²) in [6.45, 7) is 3.37. The highest BCUT2D eigenvalue weighted by molar-refractivity contribution is 6.08. The minimum atomic E-state index is -0.848. The van der Waals surface area contributed by atoms with Gasteiger partial charge >= 0.3 is 6.03 Å². The Morgan fingerprint density at radius 1 is 1.29 bits per heavy atom. The molecule has 2 fully saturated rings. The lowest BCUT2D eigenvalue weighted by molar-refractivity contribution is -0.871. The number of benzene rings is 1. The fourth-order valence-corrected chi connectivity index (χ4v) is 3.70. The molecule has 0 radical (unpaired) electrons. The van der Waals surface area contributed by atoms with Gasteiger partial charge in [0.25, 0.3) is 11.8 Å². The highest BCUT2D eigenvalue weighted by atomic mass is 16.5. The summed E-state index contributed by atoms with van der Waals surface area (Å²) < 4.78 is 5.63. The number of ether oxygens (including phenoxy) is 1. The molecule has 1 aromatic carbocycles. The molecule has 3 rings (SSSR count). The molecule has 28 heavy (non-hydrogen) atoms. The second kappa shape index (κ2) is 8.60. The minimum absolute atomic E-state index is 0.138. The average Bonchev–Trinajstić information content (AvgIpc) is 2.89. The molecule has 1 spiro atoms. The molecule has 1 saturated carbocycles. The van der Waals surface area contributed by atoms with Gasteiger partial charge in [-0.05, 0) is 43.7 Å². The van der Waals surface area contributed by atoms with Gasteiger partial charge in [0.2, 0.25) is 0 Å². The van der Waals surface area contributed by atoms with Crippen LogP contribution in [-0.4, -0.2) is 55.1 Å². The molecule has 0 bridgehead atoms. The summed E-state index contributed by atoms with van der Waals surface area (Å²) in [6.07, 6.45) is 3.02. The molecule has 1 aliphatic heterocycles. The van der Waals surface area contributed by atoms with Crippen LogP contribution in [0.2, 0.25) is 0 Å². The van der Waals surface area contributed by atoms with Crippen LogP contribution in [0.1, 0.15) is 32.6 Å². The van der Waals surface area contributed by atoms with E-state index in [0.717, 1.165) is 28.5 Å². The number of amides is 4. The summed E-state index contributed by atoms with van der Waals surface area (Å²) >= 11 is 0. The number of para-hydroxylation sites is 1. The predicted octanol–water partition coefficient (Wildman–Crippen LogP) is 0.112. The van der Waals surface area contributed by atoms with E-state index in [-0.39, 0.29) is 18.4 Å². The van der Waals surface area contributed by atoms with Crippen molar-refractivity contribution < 1.29 is 24.0 Å². The molecular weight excluding hydrogens is 360 g/mol. The Hall–Kier alpha value is -2.61. The second-order valence-electron chi connectivity index (χ2n) is 7.92. The first-order valence-corrected chi connectivity index (χ1v) is 9.85. The standard InChI is InChI=1S/C20H28N4O4/c1-15-8-10-20(11-9-15)18(26)24(19(27)21-20)22-17(25)14-23(2)12-13-28-16-6-4-3-5-7-16/h3-7,15H,8-14H2,1-2H3,(H,21,27)(H,22,25)/p+1. The first-order valence-electron chi connectivity index (χ1n) is 9.85. The number of imide groups is 1. The van der Waals surface area contributed by atoms with E-state index in [0.29, 0.717) is 31.9 Å². The molecular formula is C20H29N4O4+. The van der Waals surface area contributed by atoms with Gasteiger partial charge in [-0.1, -0.05) is 25.1 Å². The summed E-state index contributed by atoms with van der Waals surface area (Å²) in [4.78, 5) is 38.2. The molecule has 8 heteroatoms. The number of urea groups is 1. The summed E-state index contributed by atoms with van der Waals surface area (Å²) in [5, 5.41) is 3.65. The van der Waals surface area contributed by atoms with Crippen LogP contribution >= 0.6 is 0 Å². The third-order valence-electron chi connectivity index (χ3n) is 5.53. The van der Waals surface area contributed by atoms with Crippen molar-refractivity contribution in [1.82, 2.24) is 15.8 Å². The van der Waals surface area contributed by atoms with Crippen LogP contribution in [0.4, 0.5) is 4.79 Å². The molecule has 1 unspecified atom stereocenters. The van der Waals surface area contributed by atoms with Crippen LogP contribution in [0.5, 0.6) is 5.75 Å². The number of hydrazine groups is 1. The van der Waals surface area contributed by atoms with Crippen LogP contribution < -0.4 is 20.4 Å². The smallest absolute Gasteiger partial charge is 0.344 e. The second-order valence-corrected chi connectivity index (χ2v) is 7.92. The zero-order valence-electron chi connectivity index (χ0n) is 16.5. The van der Waals surface area contributed by atoms with Crippen molar-refractivity contribution in [3.8, 4) is 5.75 Å². The largest absolute Gasteiger partial charge is 0.488 e. The normalized spacial score (nSPS) is 25.5. The number of nitrogens with zero attached hydrogens (tertiary/aromatic N) is 1. The molecule has 1 aliphatic carbocycles. The van der Waals surface area contributed by atoms with Gasteiger partial charge in [0.15, 0.2) is 6.54 Å². The molecule has 3 N–H and O–H groups in total. The first kappa shape index (κ1) is 20.1. The Bertz CT molecular complexity index is 716. The van der Waals surface area contributed by atoms with Crippen molar-refractivity contribution in [3.63, 3.8) is 0 Å². The molecule has 1 saturated heterocycles. The number of carbonyl (C=O) groups excluding carboxylic acids is 3. The van der Waals surface area contributed by atoms with E-state index in [1.54, 1.807) is 0 Å². The number of hydrogen-bond donors (Lipinski definition) is 3. The van der Waals surface area contributed by atoms with Crippen molar-refractivity contribution in [2.24, 2.45) is 5.92 Å². The van der Waals surface area contributed by atoms with Gasteiger partial charge < -0.3 is 15.0 Å². The van der Waals surface area contributed by atoms with Gasteiger partial charge in [0.05, 0.1) is 7.05 Å². The van der Waals surface area contributed by atoms with Gasteiger partial charge in [-0.3, -0.25) is 15.0 Å². The van der Waals surface area contributed by atoms with E-state index in [9.17, 15) is 14.4 Å². The van der Waals surface area contributed by atoms with E-state index in [1.807, 2.05) is 37.4 Å². The molecule has 8 nitrogen and oxygen atoms in total. The molecule has 1 aromatic rings. The highest BCUT2D eigenvalue weighted by Gasteiger charge is 2.52. The fraction of sp³-hybridized carbons (Fsp3) is 0.550. The zero-order chi connectivity index (χ0) is 20.1. The molecule has 2 aliphatic rings. The van der Waals surface area contributed by atoms with E-state index >= 15 is 0 Å². The Kier molecular flexibility index (Phi) is 6.18. The van der Waals surface area contributed by atoms with Gasteiger partial charge in [-0.25, -0.2) is 4.79 Å². The molecule has 0 aromatic heterocycles. The topological polar surface area (TPSA) is 92.2 Å². The number of quaternary nitrogens is 1. The minimum Gasteiger partial charge on any atom is -0.488 e. The third kappa shape index (κ3) is 4.62. The maximum atomic E-state index is 12.8. The number of carbonyl (C=O) groups is 3. The van der Waals surface area contributed by atoms with Crippen LogP contribution in [0.15, 0.2) is 30.3 Å². The Balaban J connectivity index is 1.45. The lowest BCUT2D eigenvalue weighted by atomic mass is 9.77. The average molecular weight is 389 g/mol. The predicted molar refractivity (Wildman–Crippen MR) is 102 cm³/mol. The van der Waals surface area contributed by atoms with E-state index in [4.69, 9.17) is 4.74 Å². The Morgan fingerprint density at radius 2 is 1.96 bits per heavy atom. The SMILES string of the molecule is CC1CCC2(CC1)NC(=O)N(NC(=O)C[NH+](C)CCOc1ccccc1)C2=O. The molecule has 1 heterocycles. The monoisotopic (exact) mass is 389 g/mol. The quantitative estimate of drug-likeness (QED) is 0.578. The van der Waals surface area contributed by atoms with E-state index in [1.165, 1.54) is 0 Å². The van der Waals surface area contributed by atoms with E-state index in [2.05, 4.69) is 17.7 Å². The number of likely N-dealkylation sites (N-methyl/N-ethyl adjacent to an activating group) is 1. The van der Waals surface area contributed by atoms with Crippen LogP contribution in [0.25, 0.3) is 0 Å². The van der Waals surface area contributed by atoms with Crippen molar-refractivity contribution in [2.45, 2.75) is 38.1 Å². The molecule has 1 atom stereocenters. The zero-order valence-corrected chi connectivity index (χ0v) is 16.5. The maximum absolute atomic E-state index is 12.8. The summed E-state index contributed by atoms with van der Waals surface area (Å²) in [7, 11) is 1.86. The lowest BCUT2D eigenvalue weighted by Crippen LogP contribution is -3.11. The fourth-order valence-electron chi connectivity index (χ4n) is 3.70. The van der Waals surface area contributed by atoms with Crippen LogP contribution in [0.3, 0.4) is 0 Å². The molecule has 4 amide bonds. The number of hydrogen-bond acceptors (Lipinski definition) is 4. The van der Waals surface area contributed by atoms with Crippen molar-refractivity contribution >= 4 is 17.8 Å². The summed E-state index contributed by atoms with van der Waals surface area (Å²) in [5.74, 6) is 0.616. The van der Waals surface area contributed by atoms with Gasteiger partial charge in [0, 0.05) is 0 Å². The van der Waals surface area contributed by atoms with Gasteiger partial charge in [0.1, 0.15) is 24.4 Å². The summed E-state index contributed by atoms with van der Waals surface area (Å²) in [5.41, 5.74) is 1.62. The van der Waals surface area contributed by atoms with Crippen molar-refractivity contribution in [1.29, 1.82) is 0 Å². The van der Waals surface area contributed by atoms with Crippen LogP contribution in [0, 0.1) is 5.92 Å². The first-order chi connectivity index (χ1) is 13.4. The van der Waals surface area contributed by atoms with Gasteiger partial charge in [-0.2, -0.15) is 5.01 Å². The summed E-state index contributed by atoms with van der Waals surface area (Å²) in [6, 6.07) is 8.93. The molecule has 152 valence electrons. The Morgan fingerprint density at radius 3 is 2.64 bits per heavy atom. The highest BCUT2D eigenvalue weighted by Crippen LogP contribution is 2.35. The van der Waals surface area contributed by atoms with Gasteiger partial charge in [-0.15, -0.1) is 0 Å². The Labute approximate surface area is 165 Å². The van der Waals surface area contributed by atoms with Crippen molar-refractivity contribution in [3.05, 3.63) is 30.3 Å². The number of rotatable bonds is 7. The third-order valence-corrected chi connectivity index (χ3v) is 5.53. The lowest BCUT2D eigenvalue weighted by Gasteiger charge is -2.33. The van der Waals surface area contributed by atoms with E-state index < -0.39 is 11.6 Å². The maximum Gasteiger partial charge on any atom is 0.344 e. The van der Waals surface area contributed by atoms with Crippen LogP contribution in [-0.2, 0) is 9.59 Å². The number of nitrogens with one attached hydrogen (secondary N) is 3. The van der Waals surface area contributed by atoms with Crippen molar-refractivity contribution in [2.75, 3.05) is 26.7 Å².